The highest BCUT2D eigenvalue weighted by Crippen LogP contribution is 2.34. The highest BCUT2D eigenvalue weighted by molar-refractivity contribution is 6.33. The first-order valence-electron chi connectivity index (χ1n) is 10.3. The molecule has 0 radical (unpaired) electrons. The van der Waals surface area contributed by atoms with Gasteiger partial charge in [-0.15, -0.1) is 0 Å². The van der Waals surface area contributed by atoms with Crippen molar-refractivity contribution in [2.24, 2.45) is 10.2 Å². The summed E-state index contributed by atoms with van der Waals surface area (Å²) in [4.78, 5) is 11.3. The number of carboxylic acid groups (broad SMARTS) is 1. The molecular weight excluding hydrogens is 456 g/mol. The molecule has 0 fully saturated rings. The van der Waals surface area contributed by atoms with Crippen LogP contribution in [0.4, 0.5) is 5.69 Å². The van der Waals surface area contributed by atoms with Crippen LogP contribution in [0.25, 0.3) is 16.9 Å². The van der Waals surface area contributed by atoms with Gasteiger partial charge in [-0.25, -0.2) is 9.48 Å². The van der Waals surface area contributed by atoms with Gasteiger partial charge < -0.3 is 14.6 Å². The van der Waals surface area contributed by atoms with Crippen LogP contribution in [0.1, 0.15) is 15.9 Å². The summed E-state index contributed by atoms with van der Waals surface area (Å²) in [5.41, 5.74) is 3.64. The lowest BCUT2D eigenvalue weighted by molar-refractivity contribution is 0.0697. The molecule has 34 heavy (non-hydrogen) atoms. The molecular formula is C25H21ClN4O4. The van der Waals surface area contributed by atoms with E-state index in [0.29, 0.717) is 22.9 Å². The largest absolute Gasteiger partial charge is 0.493 e. The number of rotatable bonds is 8. The average molecular weight is 477 g/mol. The molecule has 0 bridgehead atoms. The van der Waals surface area contributed by atoms with Crippen molar-refractivity contribution < 1.29 is 19.4 Å². The summed E-state index contributed by atoms with van der Waals surface area (Å²) in [6, 6.07) is 19.8. The van der Waals surface area contributed by atoms with Crippen molar-refractivity contribution in [3.8, 4) is 28.4 Å². The number of ether oxygens (including phenoxy) is 2. The van der Waals surface area contributed by atoms with Crippen molar-refractivity contribution in [3.05, 3.63) is 89.1 Å². The van der Waals surface area contributed by atoms with Gasteiger partial charge in [0.2, 0.25) is 0 Å². The van der Waals surface area contributed by atoms with E-state index in [0.717, 1.165) is 16.8 Å². The maximum absolute atomic E-state index is 11.3. The molecule has 0 atom stereocenters. The van der Waals surface area contributed by atoms with Crippen LogP contribution in [-0.4, -0.2) is 35.1 Å². The van der Waals surface area contributed by atoms with Crippen LogP contribution in [0.15, 0.2) is 83.2 Å². The molecule has 4 rings (SSSR count). The van der Waals surface area contributed by atoms with Crippen molar-refractivity contribution in [2.75, 3.05) is 14.2 Å². The zero-order valence-electron chi connectivity index (χ0n) is 18.5. The number of carboxylic acids is 1. The molecule has 0 unspecified atom stereocenters. The summed E-state index contributed by atoms with van der Waals surface area (Å²) in [6.07, 6.45) is 1.89. The molecule has 1 N–H and O–H groups in total. The van der Waals surface area contributed by atoms with Gasteiger partial charge in [-0.2, -0.15) is 15.3 Å². The smallest absolute Gasteiger partial charge is 0.337 e. The fourth-order valence-corrected chi connectivity index (χ4v) is 3.60. The van der Waals surface area contributed by atoms with Gasteiger partial charge >= 0.3 is 5.97 Å². The number of aromatic carboxylic acids is 1. The summed E-state index contributed by atoms with van der Waals surface area (Å²) in [5.74, 6) is 0.0816. The van der Waals surface area contributed by atoms with Crippen LogP contribution < -0.4 is 9.47 Å². The second kappa shape index (κ2) is 10.2. The molecule has 0 aliphatic heterocycles. The minimum atomic E-state index is -1.12. The van der Waals surface area contributed by atoms with E-state index in [-0.39, 0.29) is 17.1 Å². The molecule has 8 nitrogen and oxygen atoms in total. The van der Waals surface area contributed by atoms with Crippen LogP contribution in [0.3, 0.4) is 0 Å². The highest BCUT2D eigenvalue weighted by Gasteiger charge is 2.15. The third-order valence-electron chi connectivity index (χ3n) is 5.08. The van der Waals surface area contributed by atoms with Crippen molar-refractivity contribution in [2.45, 2.75) is 6.54 Å². The third-order valence-corrected chi connectivity index (χ3v) is 5.40. The van der Waals surface area contributed by atoms with E-state index >= 15 is 0 Å². The summed E-state index contributed by atoms with van der Waals surface area (Å²) in [6.45, 7) is 0.224. The minimum absolute atomic E-state index is 0.0268. The van der Waals surface area contributed by atoms with Gasteiger partial charge in [-0.3, -0.25) is 0 Å². The van der Waals surface area contributed by atoms with Gasteiger partial charge in [0.15, 0.2) is 11.5 Å². The van der Waals surface area contributed by atoms with Crippen LogP contribution in [0.2, 0.25) is 5.02 Å². The van der Waals surface area contributed by atoms with E-state index in [1.165, 1.54) is 12.1 Å². The van der Waals surface area contributed by atoms with Crippen molar-refractivity contribution >= 4 is 23.3 Å². The van der Waals surface area contributed by atoms with E-state index in [1.54, 1.807) is 25.0 Å². The summed E-state index contributed by atoms with van der Waals surface area (Å²) < 4.78 is 12.6. The Labute approximate surface area is 201 Å². The molecule has 0 aliphatic rings. The van der Waals surface area contributed by atoms with Crippen molar-refractivity contribution in [1.82, 2.24) is 9.78 Å². The molecule has 0 spiro atoms. The molecule has 0 saturated carbocycles. The molecule has 172 valence electrons. The lowest BCUT2D eigenvalue weighted by Gasteiger charge is -2.09. The number of methoxy groups -OCH3 is 2. The SMILES string of the molecule is COc1ccc(-c2nn(-c3ccccc3)cc2CN=Nc2ccc(Cl)c(C(=O)O)c2)cc1OC. The van der Waals surface area contributed by atoms with E-state index < -0.39 is 5.97 Å². The highest BCUT2D eigenvalue weighted by atomic mass is 35.5. The number of hydrogen-bond donors (Lipinski definition) is 1. The van der Waals surface area contributed by atoms with Gasteiger partial charge in [0.1, 0.15) is 0 Å². The van der Waals surface area contributed by atoms with Crippen LogP contribution >= 0.6 is 11.6 Å². The van der Waals surface area contributed by atoms with Gasteiger partial charge in [-0.1, -0.05) is 29.8 Å². The summed E-state index contributed by atoms with van der Waals surface area (Å²) in [5, 5.41) is 22.7. The zero-order chi connectivity index (χ0) is 24.1. The van der Waals surface area contributed by atoms with Crippen molar-refractivity contribution in [1.29, 1.82) is 0 Å². The number of carbonyl (C=O) groups is 1. The number of aromatic nitrogens is 2. The summed E-state index contributed by atoms with van der Waals surface area (Å²) in [7, 11) is 3.16. The first kappa shape index (κ1) is 23.0. The first-order valence-corrected chi connectivity index (χ1v) is 10.6. The molecule has 4 aromatic rings. The lowest BCUT2D eigenvalue weighted by Crippen LogP contribution is -1.96. The second-order valence-electron chi connectivity index (χ2n) is 7.22. The molecule has 1 aromatic heterocycles. The van der Waals surface area contributed by atoms with Gasteiger partial charge in [0.25, 0.3) is 0 Å². The number of benzene rings is 3. The third kappa shape index (κ3) is 4.92. The Bertz CT molecular complexity index is 1350. The standard InChI is InChI=1S/C25H21ClN4O4/c1-33-22-11-8-16(12-23(22)34-2)24-17(15-30(29-24)19-6-4-3-5-7-19)14-27-28-18-9-10-21(26)20(13-18)25(31)32/h3-13,15H,14H2,1-2H3,(H,31,32). The Balaban J connectivity index is 1.70. The fourth-order valence-electron chi connectivity index (χ4n) is 3.40. The number of hydrogen-bond acceptors (Lipinski definition) is 6. The molecule has 9 heteroatoms. The molecule has 0 amide bonds. The number of para-hydroxylation sites is 1. The molecule has 1 heterocycles. The van der Waals surface area contributed by atoms with Gasteiger partial charge in [0, 0.05) is 17.3 Å². The average Bonchev–Trinajstić information content (AvgIpc) is 3.29. The maximum Gasteiger partial charge on any atom is 0.337 e. The molecule has 0 aliphatic carbocycles. The summed E-state index contributed by atoms with van der Waals surface area (Å²) >= 11 is 5.93. The topological polar surface area (TPSA) is 98.3 Å². The predicted octanol–water partition coefficient (Wildman–Crippen LogP) is 6.19. The van der Waals surface area contributed by atoms with Crippen LogP contribution in [0, 0.1) is 0 Å². The Kier molecular flexibility index (Phi) is 6.89. The van der Waals surface area contributed by atoms with E-state index in [1.807, 2.05) is 54.7 Å². The van der Waals surface area contributed by atoms with Gasteiger partial charge in [0.05, 0.1) is 48.4 Å². The van der Waals surface area contributed by atoms with E-state index in [9.17, 15) is 9.90 Å². The monoisotopic (exact) mass is 476 g/mol. The van der Waals surface area contributed by atoms with Crippen LogP contribution in [-0.2, 0) is 6.54 Å². The minimum Gasteiger partial charge on any atom is -0.493 e. The predicted molar refractivity (Wildman–Crippen MR) is 129 cm³/mol. The Morgan fingerprint density at radius 3 is 2.50 bits per heavy atom. The van der Waals surface area contributed by atoms with E-state index in [4.69, 9.17) is 26.2 Å². The Hall–Kier alpha value is -4.17. The Morgan fingerprint density at radius 1 is 1.03 bits per heavy atom. The maximum atomic E-state index is 11.3. The van der Waals surface area contributed by atoms with Crippen molar-refractivity contribution in [3.63, 3.8) is 0 Å². The fraction of sp³-hybridized carbons (Fsp3) is 0.120. The van der Waals surface area contributed by atoms with Crippen LogP contribution in [0.5, 0.6) is 11.5 Å². The quantitative estimate of drug-likeness (QED) is 0.305. The normalized spacial score (nSPS) is 11.0. The zero-order valence-corrected chi connectivity index (χ0v) is 19.2. The lowest BCUT2D eigenvalue weighted by atomic mass is 10.1. The number of azo groups is 1. The molecule has 3 aromatic carbocycles. The van der Waals surface area contributed by atoms with E-state index in [2.05, 4.69) is 10.2 Å². The Morgan fingerprint density at radius 2 is 1.79 bits per heavy atom. The molecule has 0 saturated heterocycles. The van der Waals surface area contributed by atoms with Gasteiger partial charge in [-0.05, 0) is 48.5 Å². The number of halogens is 1. The second-order valence-corrected chi connectivity index (χ2v) is 7.63. The first-order chi connectivity index (χ1) is 16.5. The number of nitrogens with zero attached hydrogens (tertiary/aromatic N) is 4.